The minimum atomic E-state index is -1.99. The van der Waals surface area contributed by atoms with E-state index in [4.69, 9.17) is 0 Å². The Hall–Kier alpha value is -1.24. The zero-order valence-electron chi connectivity index (χ0n) is 24.8. The molecule has 2 unspecified atom stereocenters. The molecule has 0 aromatic heterocycles. The third-order valence-electron chi connectivity index (χ3n) is 8.68. The van der Waals surface area contributed by atoms with Gasteiger partial charge in [0.05, 0.1) is 0 Å². The van der Waals surface area contributed by atoms with Crippen molar-refractivity contribution >= 4 is 11.0 Å². The molecule has 190 valence electrons. The summed E-state index contributed by atoms with van der Waals surface area (Å²) in [6, 6.07) is 16.8. The maximum absolute atomic E-state index is 2.74. The first kappa shape index (κ1) is 27.8. The molecule has 2 aromatic rings. The molecule has 0 aliphatic heterocycles. The van der Waals surface area contributed by atoms with E-state index < -0.39 is 25.8 Å². The van der Waals surface area contributed by atoms with Gasteiger partial charge in [0.1, 0.15) is 0 Å². The van der Waals surface area contributed by atoms with Gasteiger partial charge in [-0.05, 0) is 0 Å². The van der Waals surface area contributed by atoms with Crippen molar-refractivity contribution in [2.45, 2.75) is 96.8 Å². The van der Waals surface area contributed by atoms with Crippen molar-refractivity contribution < 1.29 is 20.4 Å². The van der Waals surface area contributed by atoms with Gasteiger partial charge in [0.25, 0.3) is 0 Å². The van der Waals surface area contributed by atoms with E-state index in [1.165, 1.54) is 27.8 Å². The molecule has 0 saturated carbocycles. The summed E-state index contributed by atoms with van der Waals surface area (Å²) < 4.78 is 2.55. The molecule has 0 radical (unpaired) electrons. The molecular formula is C34H46SiZr. The van der Waals surface area contributed by atoms with Crippen LogP contribution in [0.2, 0.25) is 13.1 Å². The van der Waals surface area contributed by atoms with Gasteiger partial charge in [-0.2, -0.15) is 0 Å². The number of hydrogen-bond acceptors (Lipinski definition) is 0. The molecule has 4 rings (SSSR count). The predicted octanol–water partition coefficient (Wildman–Crippen LogP) is 9.90. The fourth-order valence-electron chi connectivity index (χ4n) is 6.05. The molecule has 2 atom stereocenters. The zero-order chi connectivity index (χ0) is 26.7. The van der Waals surface area contributed by atoms with Gasteiger partial charge in [0, 0.05) is 0 Å². The molecule has 2 heteroatoms. The summed E-state index contributed by atoms with van der Waals surface area (Å²) in [5.41, 5.74) is 13.6. The summed E-state index contributed by atoms with van der Waals surface area (Å²) in [6.45, 7) is 29.0. The van der Waals surface area contributed by atoms with E-state index in [1.54, 1.807) is 22.3 Å². The average molecular weight is 574 g/mol. The van der Waals surface area contributed by atoms with E-state index in [-0.39, 0.29) is 10.8 Å². The number of hydrogen-bond donors (Lipinski definition) is 0. The molecule has 0 amide bonds. The van der Waals surface area contributed by atoms with Crippen molar-refractivity contribution in [1.29, 1.82) is 0 Å². The zero-order valence-corrected chi connectivity index (χ0v) is 28.2. The molecule has 2 aromatic carbocycles. The first-order valence-corrected chi connectivity index (χ1v) is 22.5. The fourth-order valence-corrected chi connectivity index (χ4v) is 25.7. The maximum atomic E-state index is 2.74. The molecule has 0 fully saturated rings. The van der Waals surface area contributed by atoms with Gasteiger partial charge in [0.2, 0.25) is 0 Å². The van der Waals surface area contributed by atoms with Crippen LogP contribution in [0.15, 0.2) is 68.5 Å². The predicted molar refractivity (Wildman–Crippen MR) is 158 cm³/mol. The summed E-state index contributed by atoms with van der Waals surface area (Å²) in [6.07, 6.45) is 2.74. The summed E-state index contributed by atoms with van der Waals surface area (Å²) in [5.74, 6) is 0.639. The van der Waals surface area contributed by atoms with Gasteiger partial charge in [-0.15, -0.1) is 0 Å². The molecule has 0 saturated heterocycles. The van der Waals surface area contributed by atoms with Crippen LogP contribution < -0.4 is 0 Å². The number of fused-ring (bicyclic) bond motifs is 1. The number of allylic oxidation sites excluding steroid dienone is 5. The first-order valence-electron chi connectivity index (χ1n) is 13.7. The number of benzene rings is 2. The average Bonchev–Trinajstić information content (AvgIpc) is 3.25. The summed E-state index contributed by atoms with van der Waals surface area (Å²) in [5, 5.41) is 0. The van der Waals surface area contributed by atoms with Crippen LogP contribution in [0.25, 0.3) is 5.57 Å². The third kappa shape index (κ3) is 4.94. The Balaban J connectivity index is 1.96. The SMILES string of the molecule is CC1=C(C)C(C)[C]([Zr]([CH]2C=C(c3cc(C(C)(C)C)cc(C(C)(C)C)c3)c3ccccc32)=[Si](C)C)=C1C. The van der Waals surface area contributed by atoms with E-state index >= 15 is 0 Å². The van der Waals surface area contributed by atoms with Crippen molar-refractivity contribution in [1.82, 2.24) is 0 Å². The third-order valence-corrected chi connectivity index (χ3v) is 27.2. The second-order valence-electron chi connectivity index (χ2n) is 13.4. The number of rotatable bonds is 3. The molecule has 2 aliphatic carbocycles. The van der Waals surface area contributed by atoms with Crippen LogP contribution in [0, 0.1) is 5.92 Å². The van der Waals surface area contributed by atoms with Crippen LogP contribution in [0.4, 0.5) is 0 Å². The van der Waals surface area contributed by atoms with Crippen molar-refractivity contribution in [2.75, 3.05) is 0 Å². The second kappa shape index (κ2) is 9.81. The quantitative estimate of drug-likeness (QED) is 0.321. The Morgan fingerprint density at radius 3 is 1.81 bits per heavy atom. The van der Waals surface area contributed by atoms with Crippen molar-refractivity contribution in [3.63, 3.8) is 0 Å². The second-order valence-corrected chi connectivity index (χ2v) is 30.9. The van der Waals surface area contributed by atoms with E-state index in [0.29, 0.717) is 9.54 Å². The van der Waals surface area contributed by atoms with E-state index in [1.807, 2.05) is 3.28 Å². The van der Waals surface area contributed by atoms with Crippen molar-refractivity contribution in [2.24, 2.45) is 5.92 Å². The van der Waals surface area contributed by atoms with Gasteiger partial charge < -0.3 is 0 Å². The van der Waals surface area contributed by atoms with Crippen LogP contribution in [0.1, 0.15) is 101 Å². The Bertz CT molecular complexity index is 1310. The minimum absolute atomic E-state index is 0.125. The van der Waals surface area contributed by atoms with Crippen LogP contribution in [-0.4, -0.2) is 5.43 Å². The monoisotopic (exact) mass is 572 g/mol. The molecule has 36 heavy (non-hydrogen) atoms. The first-order chi connectivity index (χ1) is 16.6. The van der Waals surface area contributed by atoms with Gasteiger partial charge in [-0.3, -0.25) is 0 Å². The Morgan fingerprint density at radius 2 is 1.33 bits per heavy atom. The molecule has 0 bridgehead atoms. The standard InChI is InChI=1S/C23H27.C9H13.C2H6Si.Zr/c1-22(2,3)18-13-17(14-19(15-18)23(4,5)6)21-12-11-16-9-7-8-10-20(16)21;1-6-5-7(2)9(4)8(6)3;1-3-2;/h7-15H,1-6H3;6H,1-4H3;1-2H3;. The molecule has 0 spiro atoms. The Labute approximate surface area is 229 Å². The molecular weight excluding hydrogens is 528 g/mol. The van der Waals surface area contributed by atoms with Crippen LogP contribution >= 0.6 is 0 Å². The van der Waals surface area contributed by atoms with Crippen molar-refractivity contribution in [3.8, 4) is 0 Å². The van der Waals surface area contributed by atoms with E-state index in [2.05, 4.69) is 131 Å². The van der Waals surface area contributed by atoms with Gasteiger partial charge in [-0.25, -0.2) is 0 Å². The molecule has 2 aliphatic rings. The summed E-state index contributed by atoms with van der Waals surface area (Å²) in [4.78, 5) is 0. The molecule has 0 nitrogen and oxygen atoms in total. The van der Waals surface area contributed by atoms with Gasteiger partial charge >= 0.3 is 230 Å². The summed E-state index contributed by atoms with van der Waals surface area (Å²) in [7, 11) is 0. The van der Waals surface area contributed by atoms with Gasteiger partial charge in [0.15, 0.2) is 0 Å². The van der Waals surface area contributed by atoms with Crippen LogP contribution in [0.5, 0.6) is 0 Å². The normalized spacial score (nSPS) is 20.2. The molecule has 0 N–H and O–H groups in total. The van der Waals surface area contributed by atoms with Crippen LogP contribution in [0.3, 0.4) is 0 Å². The Morgan fingerprint density at radius 1 is 0.778 bits per heavy atom. The fraction of sp³-hybridized carbons (Fsp3) is 0.471. The molecule has 0 heterocycles. The van der Waals surface area contributed by atoms with E-state index in [9.17, 15) is 0 Å². The van der Waals surface area contributed by atoms with E-state index in [0.717, 1.165) is 0 Å². The summed E-state index contributed by atoms with van der Waals surface area (Å²) >= 11 is -1.99. The Kier molecular flexibility index (Phi) is 7.57. The van der Waals surface area contributed by atoms with Gasteiger partial charge in [-0.1, -0.05) is 0 Å². The topological polar surface area (TPSA) is 0 Å². The van der Waals surface area contributed by atoms with Crippen molar-refractivity contribution in [3.05, 3.63) is 96.4 Å². The van der Waals surface area contributed by atoms with Crippen LogP contribution in [-0.2, 0) is 31.2 Å².